The molecule has 0 spiro atoms. The van der Waals surface area contributed by atoms with Gasteiger partial charge >= 0.3 is 0 Å². The molecule has 1 saturated carbocycles. The molecule has 3 aromatic rings. The summed E-state index contributed by atoms with van der Waals surface area (Å²) in [6.45, 7) is 2.00. The highest BCUT2D eigenvalue weighted by Crippen LogP contribution is 2.29. The normalized spacial score (nSPS) is 19.9. The molecular weight excluding hydrogens is 344 g/mol. The van der Waals surface area contributed by atoms with Gasteiger partial charge in [0.1, 0.15) is 5.82 Å². The van der Waals surface area contributed by atoms with E-state index in [4.69, 9.17) is 4.42 Å². The first-order chi connectivity index (χ1) is 13.1. The Morgan fingerprint density at radius 3 is 2.67 bits per heavy atom. The van der Waals surface area contributed by atoms with Crippen LogP contribution in [0.15, 0.2) is 35.1 Å². The Bertz CT molecular complexity index is 961. The van der Waals surface area contributed by atoms with Crippen LogP contribution >= 0.6 is 0 Å². The Morgan fingerprint density at radius 2 is 1.96 bits per heavy atom. The van der Waals surface area contributed by atoms with E-state index < -0.39 is 0 Å². The molecule has 4 rings (SSSR count). The number of nitrogens with zero attached hydrogens (tertiary/aromatic N) is 3. The molecule has 1 fully saturated rings. The van der Waals surface area contributed by atoms with Gasteiger partial charge in [-0.15, -0.1) is 0 Å². The second kappa shape index (κ2) is 7.44. The highest BCUT2D eigenvalue weighted by molar-refractivity contribution is 5.94. The molecule has 0 radical (unpaired) electrons. The molecule has 1 aliphatic rings. The Hall–Kier alpha value is -2.80. The third kappa shape index (κ3) is 3.83. The van der Waals surface area contributed by atoms with E-state index in [9.17, 15) is 9.90 Å². The number of rotatable bonds is 4. The number of carbonyl (C=O) groups excluding carboxylic acids is 1. The van der Waals surface area contributed by atoms with Gasteiger partial charge in [-0.1, -0.05) is 0 Å². The van der Waals surface area contributed by atoms with Crippen molar-refractivity contribution in [3.63, 3.8) is 0 Å². The molecule has 0 aromatic carbocycles. The summed E-state index contributed by atoms with van der Waals surface area (Å²) in [6.07, 6.45) is 8.45. The van der Waals surface area contributed by atoms with E-state index in [0.717, 1.165) is 42.1 Å². The van der Waals surface area contributed by atoms with Crippen LogP contribution in [0, 0.1) is 18.8 Å². The van der Waals surface area contributed by atoms with Crippen molar-refractivity contribution in [1.82, 2.24) is 15.0 Å². The van der Waals surface area contributed by atoms with E-state index in [1.165, 1.54) is 0 Å². The van der Waals surface area contributed by atoms with E-state index in [1.807, 2.05) is 12.1 Å². The van der Waals surface area contributed by atoms with Crippen LogP contribution in [-0.4, -0.2) is 32.6 Å². The maximum absolute atomic E-state index is 12.5. The van der Waals surface area contributed by atoms with Crippen molar-refractivity contribution < 1.29 is 14.3 Å². The molecule has 7 nitrogen and oxygen atoms in total. The van der Waals surface area contributed by atoms with Gasteiger partial charge in [-0.3, -0.25) is 9.78 Å². The number of carbonyl (C=O) groups is 1. The van der Waals surface area contributed by atoms with Gasteiger partial charge in [-0.2, -0.15) is 0 Å². The predicted molar refractivity (Wildman–Crippen MR) is 101 cm³/mol. The lowest BCUT2D eigenvalue weighted by atomic mass is 9.82. The first kappa shape index (κ1) is 17.6. The summed E-state index contributed by atoms with van der Waals surface area (Å²) in [5.74, 6) is 2.08. The minimum atomic E-state index is -0.0214. The van der Waals surface area contributed by atoms with Gasteiger partial charge in [0.15, 0.2) is 11.7 Å². The fourth-order valence-electron chi connectivity index (χ4n) is 3.56. The molecular formula is C20H22N4O3. The summed E-state index contributed by atoms with van der Waals surface area (Å²) in [5, 5.41) is 13.0. The topological polar surface area (TPSA) is 101 Å². The number of nitrogens with one attached hydrogen (secondary N) is 1. The van der Waals surface area contributed by atoms with Gasteiger partial charge in [0.25, 0.3) is 0 Å². The Balaban J connectivity index is 1.51. The molecule has 1 amide bonds. The Morgan fingerprint density at radius 1 is 1.15 bits per heavy atom. The van der Waals surface area contributed by atoms with Gasteiger partial charge in [0, 0.05) is 36.6 Å². The molecule has 2 N–H and O–H groups in total. The van der Waals surface area contributed by atoms with E-state index >= 15 is 0 Å². The van der Waals surface area contributed by atoms with Gasteiger partial charge in [-0.25, -0.2) is 9.97 Å². The van der Waals surface area contributed by atoms with E-state index in [2.05, 4.69) is 20.3 Å². The van der Waals surface area contributed by atoms with Gasteiger partial charge in [0.05, 0.1) is 17.9 Å². The SMILES string of the molecule is Cc1ncc(-c2cnc3cnc(NC(=O)C4CCC(CO)CC4)cc3c2)o1. The molecule has 0 bridgehead atoms. The van der Waals surface area contributed by atoms with Crippen LogP contribution in [0.3, 0.4) is 0 Å². The first-order valence-corrected chi connectivity index (χ1v) is 9.22. The zero-order valence-electron chi connectivity index (χ0n) is 15.2. The number of aliphatic hydroxyl groups is 1. The molecule has 140 valence electrons. The second-order valence-electron chi connectivity index (χ2n) is 7.12. The fourth-order valence-corrected chi connectivity index (χ4v) is 3.56. The number of amides is 1. The van der Waals surface area contributed by atoms with Crippen LogP contribution in [-0.2, 0) is 4.79 Å². The smallest absolute Gasteiger partial charge is 0.228 e. The number of aliphatic hydroxyl groups excluding tert-OH is 1. The van der Waals surface area contributed by atoms with Crippen molar-refractivity contribution in [1.29, 1.82) is 0 Å². The van der Waals surface area contributed by atoms with Crippen molar-refractivity contribution in [3.05, 3.63) is 36.6 Å². The number of hydrogen-bond acceptors (Lipinski definition) is 6. The van der Waals surface area contributed by atoms with Crippen LogP contribution < -0.4 is 5.32 Å². The molecule has 0 saturated heterocycles. The summed E-state index contributed by atoms with van der Waals surface area (Å²) < 4.78 is 5.56. The monoisotopic (exact) mass is 366 g/mol. The molecule has 3 aromatic heterocycles. The van der Waals surface area contributed by atoms with Crippen LogP contribution in [0.2, 0.25) is 0 Å². The van der Waals surface area contributed by atoms with E-state index in [1.54, 1.807) is 25.5 Å². The second-order valence-corrected chi connectivity index (χ2v) is 7.12. The average molecular weight is 366 g/mol. The number of anilines is 1. The number of aryl methyl sites for hydroxylation is 1. The van der Waals surface area contributed by atoms with Crippen LogP contribution in [0.1, 0.15) is 31.6 Å². The van der Waals surface area contributed by atoms with Crippen molar-refractivity contribution >= 4 is 22.6 Å². The third-order valence-corrected chi connectivity index (χ3v) is 5.20. The van der Waals surface area contributed by atoms with Gasteiger partial charge in [-0.05, 0) is 43.7 Å². The summed E-state index contributed by atoms with van der Waals surface area (Å²) >= 11 is 0. The Labute approximate surface area is 156 Å². The first-order valence-electron chi connectivity index (χ1n) is 9.22. The van der Waals surface area contributed by atoms with Crippen molar-refractivity contribution in [2.24, 2.45) is 11.8 Å². The standard InChI is InChI=1S/C20H22N4O3/c1-12-21-10-18(27-12)16-6-15-7-19(23-9-17(15)22-8-16)24-20(26)14-4-2-13(11-25)3-5-14/h6-10,13-14,25H,2-5,11H2,1H3,(H,23,24,26). The minimum absolute atomic E-state index is 0.00628. The summed E-state index contributed by atoms with van der Waals surface area (Å²) in [6, 6.07) is 3.78. The lowest BCUT2D eigenvalue weighted by molar-refractivity contribution is -0.121. The molecule has 27 heavy (non-hydrogen) atoms. The summed E-state index contributed by atoms with van der Waals surface area (Å²) in [5.41, 5.74) is 1.57. The zero-order valence-corrected chi connectivity index (χ0v) is 15.2. The van der Waals surface area contributed by atoms with Crippen LogP contribution in [0.25, 0.3) is 22.2 Å². The van der Waals surface area contributed by atoms with Gasteiger partial charge in [0.2, 0.25) is 5.91 Å². The molecule has 7 heteroatoms. The largest absolute Gasteiger partial charge is 0.441 e. The summed E-state index contributed by atoms with van der Waals surface area (Å²) in [7, 11) is 0. The lowest BCUT2D eigenvalue weighted by Gasteiger charge is -2.26. The molecule has 0 atom stereocenters. The number of fused-ring (bicyclic) bond motifs is 1. The molecule has 3 heterocycles. The van der Waals surface area contributed by atoms with Crippen molar-refractivity contribution in [2.45, 2.75) is 32.6 Å². The predicted octanol–water partition coefficient (Wildman–Crippen LogP) is 3.33. The Kier molecular flexibility index (Phi) is 4.85. The summed E-state index contributed by atoms with van der Waals surface area (Å²) in [4.78, 5) is 25.4. The minimum Gasteiger partial charge on any atom is -0.441 e. The van der Waals surface area contributed by atoms with E-state index in [-0.39, 0.29) is 18.4 Å². The molecule has 1 aliphatic carbocycles. The number of oxazole rings is 1. The molecule has 0 unspecified atom stereocenters. The number of hydrogen-bond donors (Lipinski definition) is 2. The zero-order chi connectivity index (χ0) is 18.8. The fraction of sp³-hybridized carbons (Fsp3) is 0.400. The lowest BCUT2D eigenvalue weighted by Crippen LogP contribution is -2.28. The molecule has 0 aliphatic heterocycles. The van der Waals surface area contributed by atoms with Crippen LogP contribution in [0.4, 0.5) is 5.82 Å². The highest BCUT2D eigenvalue weighted by Gasteiger charge is 2.26. The van der Waals surface area contributed by atoms with E-state index in [0.29, 0.717) is 23.4 Å². The van der Waals surface area contributed by atoms with Crippen molar-refractivity contribution in [2.75, 3.05) is 11.9 Å². The maximum atomic E-state index is 12.5. The quantitative estimate of drug-likeness (QED) is 0.734. The maximum Gasteiger partial charge on any atom is 0.228 e. The highest BCUT2D eigenvalue weighted by atomic mass is 16.4. The van der Waals surface area contributed by atoms with Crippen LogP contribution in [0.5, 0.6) is 0 Å². The van der Waals surface area contributed by atoms with Crippen molar-refractivity contribution in [3.8, 4) is 11.3 Å². The number of pyridine rings is 2. The number of aromatic nitrogens is 3. The third-order valence-electron chi connectivity index (χ3n) is 5.20. The average Bonchev–Trinajstić information content (AvgIpc) is 3.14. The van der Waals surface area contributed by atoms with Gasteiger partial charge < -0.3 is 14.8 Å².